The summed E-state index contributed by atoms with van der Waals surface area (Å²) < 4.78 is 5.37. The van der Waals surface area contributed by atoms with Crippen molar-refractivity contribution in [3.8, 4) is 0 Å². The third-order valence-electron chi connectivity index (χ3n) is 5.44. The van der Waals surface area contributed by atoms with Gasteiger partial charge in [0.25, 0.3) is 0 Å². The molecule has 0 unspecified atom stereocenters. The van der Waals surface area contributed by atoms with E-state index in [2.05, 4.69) is 54.0 Å². The molecule has 0 aromatic heterocycles. The summed E-state index contributed by atoms with van der Waals surface area (Å²) in [5, 5.41) is 7.07. The van der Waals surface area contributed by atoms with E-state index in [0.717, 1.165) is 45.1 Å². The van der Waals surface area contributed by atoms with Crippen molar-refractivity contribution in [3.05, 3.63) is 47.5 Å². The molecule has 5 heteroatoms. The van der Waals surface area contributed by atoms with Crippen molar-refractivity contribution < 1.29 is 4.74 Å². The van der Waals surface area contributed by atoms with Crippen molar-refractivity contribution in [3.63, 3.8) is 0 Å². The summed E-state index contributed by atoms with van der Waals surface area (Å²) in [5.74, 6) is 1.69. The van der Waals surface area contributed by atoms with Crippen LogP contribution in [0.1, 0.15) is 56.9 Å². The molecule has 0 saturated heterocycles. The summed E-state index contributed by atoms with van der Waals surface area (Å²) in [7, 11) is 0. The summed E-state index contributed by atoms with van der Waals surface area (Å²) in [4.78, 5) is 4.79. The molecule has 0 atom stereocenters. The molecule has 1 aliphatic carbocycles. The van der Waals surface area contributed by atoms with Gasteiger partial charge in [0, 0.05) is 19.1 Å². The minimum atomic E-state index is 0. The Labute approximate surface area is 181 Å². The smallest absolute Gasteiger partial charge is 0.191 e. The zero-order valence-corrected chi connectivity index (χ0v) is 18.8. The second-order valence-electron chi connectivity index (χ2n) is 7.30. The van der Waals surface area contributed by atoms with E-state index in [1.54, 1.807) is 0 Å². The fraction of sp³-hybridized carbons (Fsp3) is 0.591. The fourth-order valence-corrected chi connectivity index (χ4v) is 3.91. The lowest BCUT2D eigenvalue weighted by Gasteiger charge is -2.30. The van der Waals surface area contributed by atoms with Gasteiger partial charge in [0.1, 0.15) is 0 Å². The van der Waals surface area contributed by atoms with Crippen LogP contribution in [0.3, 0.4) is 0 Å². The summed E-state index contributed by atoms with van der Waals surface area (Å²) in [6, 6.07) is 11.5. The van der Waals surface area contributed by atoms with E-state index < -0.39 is 0 Å². The Morgan fingerprint density at radius 2 is 1.93 bits per heavy atom. The van der Waals surface area contributed by atoms with Crippen LogP contribution in [0.2, 0.25) is 0 Å². The van der Waals surface area contributed by atoms with Gasteiger partial charge in [-0.25, -0.2) is 0 Å². The molecule has 3 rings (SSSR count). The molecular formula is C22H34IN3O. The third-order valence-corrected chi connectivity index (χ3v) is 5.44. The highest BCUT2D eigenvalue weighted by Gasteiger charge is 2.22. The SMILES string of the molecule is CCNC(=NCCC1=CCOCC1)NC1CCC(c2ccccc2)CC1.I. The van der Waals surface area contributed by atoms with Crippen molar-refractivity contribution in [2.75, 3.05) is 26.3 Å². The second-order valence-corrected chi connectivity index (χ2v) is 7.30. The highest BCUT2D eigenvalue weighted by atomic mass is 127. The number of aliphatic imine (C=N–C) groups is 1. The minimum Gasteiger partial charge on any atom is -0.377 e. The predicted molar refractivity (Wildman–Crippen MR) is 124 cm³/mol. The number of guanidine groups is 1. The van der Waals surface area contributed by atoms with Crippen LogP contribution < -0.4 is 10.6 Å². The zero-order valence-electron chi connectivity index (χ0n) is 16.5. The highest BCUT2D eigenvalue weighted by molar-refractivity contribution is 14.0. The number of benzene rings is 1. The van der Waals surface area contributed by atoms with Crippen LogP contribution in [0.15, 0.2) is 47.0 Å². The van der Waals surface area contributed by atoms with Crippen molar-refractivity contribution in [2.45, 2.75) is 57.4 Å². The maximum Gasteiger partial charge on any atom is 0.191 e. The molecule has 1 heterocycles. The van der Waals surface area contributed by atoms with Gasteiger partial charge in [0.2, 0.25) is 0 Å². The average molecular weight is 483 g/mol. The van der Waals surface area contributed by atoms with Gasteiger partial charge in [0.15, 0.2) is 5.96 Å². The summed E-state index contributed by atoms with van der Waals surface area (Å²) in [6.07, 6.45) is 9.26. The van der Waals surface area contributed by atoms with Crippen LogP contribution in [0.4, 0.5) is 0 Å². The van der Waals surface area contributed by atoms with E-state index in [1.165, 1.54) is 36.8 Å². The van der Waals surface area contributed by atoms with Crippen LogP contribution in [-0.4, -0.2) is 38.3 Å². The van der Waals surface area contributed by atoms with Gasteiger partial charge in [-0.2, -0.15) is 0 Å². The predicted octanol–water partition coefficient (Wildman–Crippen LogP) is 4.62. The van der Waals surface area contributed by atoms with Gasteiger partial charge < -0.3 is 15.4 Å². The van der Waals surface area contributed by atoms with Crippen molar-refractivity contribution in [2.24, 2.45) is 4.99 Å². The van der Waals surface area contributed by atoms with Gasteiger partial charge in [-0.05, 0) is 56.9 Å². The number of ether oxygens (including phenoxy) is 1. The van der Waals surface area contributed by atoms with Gasteiger partial charge in [0.05, 0.1) is 13.2 Å². The van der Waals surface area contributed by atoms with Crippen LogP contribution in [0.25, 0.3) is 0 Å². The maximum atomic E-state index is 5.37. The molecule has 1 saturated carbocycles. The number of hydrogen-bond acceptors (Lipinski definition) is 2. The summed E-state index contributed by atoms with van der Waals surface area (Å²) >= 11 is 0. The first-order chi connectivity index (χ1) is 12.8. The Balaban J connectivity index is 0.00000261. The molecule has 27 heavy (non-hydrogen) atoms. The van der Waals surface area contributed by atoms with E-state index in [0.29, 0.717) is 12.0 Å². The molecule has 1 aromatic carbocycles. The molecular weight excluding hydrogens is 449 g/mol. The number of nitrogens with one attached hydrogen (secondary N) is 2. The van der Waals surface area contributed by atoms with E-state index in [9.17, 15) is 0 Å². The molecule has 0 amide bonds. The molecule has 0 spiro atoms. The lowest BCUT2D eigenvalue weighted by Crippen LogP contribution is -2.44. The molecule has 4 nitrogen and oxygen atoms in total. The molecule has 150 valence electrons. The summed E-state index contributed by atoms with van der Waals surface area (Å²) in [6.45, 7) is 5.51. The van der Waals surface area contributed by atoms with Gasteiger partial charge >= 0.3 is 0 Å². The van der Waals surface area contributed by atoms with E-state index in [1.807, 2.05) is 0 Å². The van der Waals surface area contributed by atoms with E-state index in [-0.39, 0.29) is 24.0 Å². The number of nitrogens with zero attached hydrogens (tertiary/aromatic N) is 1. The number of hydrogen-bond donors (Lipinski definition) is 2. The van der Waals surface area contributed by atoms with Crippen LogP contribution >= 0.6 is 24.0 Å². The molecule has 2 aliphatic rings. The summed E-state index contributed by atoms with van der Waals surface area (Å²) in [5.41, 5.74) is 2.98. The first kappa shape index (κ1) is 22.2. The van der Waals surface area contributed by atoms with Crippen molar-refractivity contribution in [1.29, 1.82) is 0 Å². The first-order valence-corrected chi connectivity index (χ1v) is 10.2. The first-order valence-electron chi connectivity index (χ1n) is 10.2. The Morgan fingerprint density at radius 3 is 2.59 bits per heavy atom. The van der Waals surface area contributed by atoms with Gasteiger partial charge in [-0.1, -0.05) is 42.0 Å². The molecule has 1 aliphatic heterocycles. The molecule has 0 bridgehead atoms. The third kappa shape index (κ3) is 7.45. The van der Waals surface area contributed by atoms with E-state index >= 15 is 0 Å². The lowest BCUT2D eigenvalue weighted by molar-refractivity contribution is 0.153. The monoisotopic (exact) mass is 483 g/mol. The normalized spacial score (nSPS) is 23.1. The fourth-order valence-electron chi connectivity index (χ4n) is 3.91. The zero-order chi connectivity index (χ0) is 18.0. The van der Waals surface area contributed by atoms with Gasteiger partial charge in [-0.3, -0.25) is 4.99 Å². The van der Waals surface area contributed by atoms with Crippen LogP contribution in [0, 0.1) is 0 Å². The molecule has 2 N–H and O–H groups in total. The maximum absolute atomic E-state index is 5.37. The molecule has 0 radical (unpaired) electrons. The highest BCUT2D eigenvalue weighted by Crippen LogP contribution is 2.32. The Hall–Kier alpha value is -1.08. The second kappa shape index (κ2) is 12.4. The van der Waals surface area contributed by atoms with Gasteiger partial charge in [-0.15, -0.1) is 24.0 Å². The standard InChI is InChI=1S/C22H33N3O.HI/c1-2-23-22(24-15-12-18-13-16-26-17-14-18)25-21-10-8-20(9-11-21)19-6-4-3-5-7-19;/h3-7,13,20-21H,2,8-12,14-17H2,1H3,(H2,23,24,25);1H. The van der Waals surface area contributed by atoms with Crippen LogP contribution in [0.5, 0.6) is 0 Å². The lowest BCUT2D eigenvalue weighted by atomic mass is 9.82. The van der Waals surface area contributed by atoms with E-state index in [4.69, 9.17) is 9.73 Å². The van der Waals surface area contributed by atoms with Crippen molar-refractivity contribution >= 4 is 29.9 Å². The van der Waals surface area contributed by atoms with Crippen LogP contribution in [-0.2, 0) is 4.74 Å². The quantitative estimate of drug-likeness (QED) is 0.269. The Bertz CT molecular complexity index is 595. The largest absolute Gasteiger partial charge is 0.377 e. The molecule has 1 fully saturated rings. The Kier molecular flexibility index (Phi) is 10.2. The minimum absolute atomic E-state index is 0. The van der Waals surface area contributed by atoms with Crippen molar-refractivity contribution in [1.82, 2.24) is 10.6 Å². The topological polar surface area (TPSA) is 45.7 Å². The Morgan fingerprint density at radius 1 is 1.15 bits per heavy atom. The average Bonchev–Trinajstić information content (AvgIpc) is 2.70. The molecule has 1 aromatic rings. The number of halogens is 1. The number of rotatable bonds is 6.